The molecule has 0 aliphatic heterocycles. The van der Waals surface area contributed by atoms with Crippen LogP contribution in [0.1, 0.15) is 27.2 Å². The van der Waals surface area contributed by atoms with Gasteiger partial charge < -0.3 is 9.94 Å². The lowest BCUT2D eigenvalue weighted by atomic mass is 9.90. The smallest absolute Gasteiger partial charge is 0.106 e. The van der Waals surface area contributed by atoms with Crippen LogP contribution in [0.4, 0.5) is 0 Å². The first-order valence-corrected chi connectivity index (χ1v) is 4.38. The highest BCUT2D eigenvalue weighted by Crippen LogP contribution is 2.15. The zero-order valence-electron chi connectivity index (χ0n) is 8.32. The molecule has 3 nitrogen and oxygen atoms in total. The zero-order chi connectivity index (χ0) is 9.56. The van der Waals surface area contributed by atoms with Gasteiger partial charge in [-0.1, -0.05) is 25.9 Å². The first-order valence-electron chi connectivity index (χ1n) is 4.38. The molecule has 0 heterocycles. The van der Waals surface area contributed by atoms with Crippen LogP contribution in [0.2, 0.25) is 0 Å². The zero-order valence-corrected chi connectivity index (χ0v) is 8.32. The van der Waals surface area contributed by atoms with Gasteiger partial charge >= 0.3 is 0 Å². The largest absolute Gasteiger partial charge is 0.399 e. The molecule has 72 valence electrons. The van der Waals surface area contributed by atoms with Gasteiger partial charge in [0, 0.05) is 6.21 Å². The van der Waals surface area contributed by atoms with Crippen molar-refractivity contribution in [1.29, 1.82) is 0 Å². The van der Waals surface area contributed by atoms with E-state index in [1.165, 1.54) is 7.11 Å². The van der Waals surface area contributed by atoms with E-state index in [0.717, 1.165) is 6.42 Å². The van der Waals surface area contributed by atoms with Crippen LogP contribution in [0.25, 0.3) is 0 Å². The van der Waals surface area contributed by atoms with E-state index >= 15 is 0 Å². The predicted molar refractivity (Wildman–Crippen MR) is 50.1 cm³/mol. The van der Waals surface area contributed by atoms with Crippen molar-refractivity contribution in [3.8, 4) is 0 Å². The molecule has 12 heavy (non-hydrogen) atoms. The van der Waals surface area contributed by atoms with Crippen LogP contribution in [0, 0.1) is 11.8 Å². The Hall–Kier alpha value is -0.570. The lowest BCUT2D eigenvalue weighted by Crippen LogP contribution is -2.23. The minimum absolute atomic E-state index is 0.230. The van der Waals surface area contributed by atoms with E-state index in [2.05, 4.69) is 9.99 Å². The maximum atomic E-state index is 9.49. The van der Waals surface area contributed by atoms with Gasteiger partial charge in [-0.15, -0.1) is 0 Å². The number of aliphatic hydroxyl groups is 1. The molecule has 0 aromatic rings. The number of oxime groups is 1. The fourth-order valence-corrected chi connectivity index (χ4v) is 1.01. The van der Waals surface area contributed by atoms with Crippen LogP contribution >= 0.6 is 0 Å². The van der Waals surface area contributed by atoms with Gasteiger partial charge in [-0.05, 0) is 18.3 Å². The maximum absolute atomic E-state index is 9.49. The average molecular weight is 173 g/mol. The quantitative estimate of drug-likeness (QED) is 0.507. The van der Waals surface area contributed by atoms with E-state index < -0.39 is 0 Å². The highest BCUT2D eigenvalue weighted by atomic mass is 16.6. The van der Waals surface area contributed by atoms with Gasteiger partial charge in [0.15, 0.2) is 0 Å². The average Bonchev–Trinajstić information content (AvgIpc) is 2.11. The molecule has 0 saturated carbocycles. The van der Waals surface area contributed by atoms with E-state index in [1.54, 1.807) is 6.21 Å². The van der Waals surface area contributed by atoms with Crippen LogP contribution in [0.3, 0.4) is 0 Å². The molecule has 0 fully saturated rings. The Bertz CT molecular complexity index is 136. The van der Waals surface area contributed by atoms with Crippen LogP contribution in [0.15, 0.2) is 5.16 Å². The fourth-order valence-electron chi connectivity index (χ4n) is 1.01. The van der Waals surface area contributed by atoms with Gasteiger partial charge in [0.05, 0.1) is 6.10 Å². The SMILES string of the molecule is CC[C@@H](O)[C@@H](C)[C@H](C)C=NOC. The number of hydrogen-bond donors (Lipinski definition) is 1. The van der Waals surface area contributed by atoms with E-state index in [0.29, 0.717) is 0 Å². The number of rotatable bonds is 5. The maximum Gasteiger partial charge on any atom is 0.106 e. The summed E-state index contributed by atoms with van der Waals surface area (Å²) in [5, 5.41) is 13.2. The predicted octanol–water partition coefficient (Wildman–Crippen LogP) is 1.66. The Kier molecular flexibility index (Phi) is 5.72. The van der Waals surface area contributed by atoms with E-state index in [1.807, 2.05) is 20.8 Å². The fraction of sp³-hybridized carbons (Fsp3) is 0.889. The van der Waals surface area contributed by atoms with Gasteiger partial charge in [0.25, 0.3) is 0 Å². The molecule has 0 bridgehead atoms. The molecule has 0 rings (SSSR count). The molecule has 3 atom stereocenters. The minimum Gasteiger partial charge on any atom is -0.399 e. The molecule has 0 radical (unpaired) electrons. The van der Waals surface area contributed by atoms with E-state index in [4.69, 9.17) is 0 Å². The first kappa shape index (κ1) is 11.4. The second-order valence-corrected chi connectivity index (χ2v) is 3.13. The number of aliphatic hydroxyl groups excluding tert-OH is 1. The summed E-state index contributed by atoms with van der Waals surface area (Å²) < 4.78 is 0. The van der Waals surface area contributed by atoms with E-state index in [9.17, 15) is 5.11 Å². The molecule has 0 aliphatic carbocycles. The third-order valence-electron chi connectivity index (χ3n) is 2.26. The first-order chi connectivity index (χ1) is 5.63. The van der Waals surface area contributed by atoms with Gasteiger partial charge in [-0.2, -0.15) is 0 Å². The van der Waals surface area contributed by atoms with Crippen molar-refractivity contribution in [2.45, 2.75) is 33.3 Å². The Morgan fingerprint density at radius 2 is 2.08 bits per heavy atom. The van der Waals surface area contributed by atoms with Crippen LogP contribution < -0.4 is 0 Å². The summed E-state index contributed by atoms with van der Waals surface area (Å²) >= 11 is 0. The Balaban J connectivity index is 3.91. The summed E-state index contributed by atoms with van der Waals surface area (Å²) in [4.78, 5) is 4.56. The summed E-state index contributed by atoms with van der Waals surface area (Å²) in [6.07, 6.45) is 2.26. The topological polar surface area (TPSA) is 41.8 Å². The number of nitrogens with zero attached hydrogens (tertiary/aromatic N) is 1. The second-order valence-electron chi connectivity index (χ2n) is 3.13. The van der Waals surface area contributed by atoms with Crippen molar-refractivity contribution in [3.05, 3.63) is 0 Å². The highest BCUT2D eigenvalue weighted by molar-refractivity contribution is 5.59. The van der Waals surface area contributed by atoms with Crippen molar-refractivity contribution in [3.63, 3.8) is 0 Å². The van der Waals surface area contributed by atoms with Gasteiger partial charge in [-0.3, -0.25) is 0 Å². The molecule has 1 N–H and O–H groups in total. The summed E-state index contributed by atoms with van der Waals surface area (Å²) in [6, 6.07) is 0. The van der Waals surface area contributed by atoms with Gasteiger partial charge in [0.1, 0.15) is 7.11 Å². The van der Waals surface area contributed by atoms with Crippen LogP contribution in [0.5, 0.6) is 0 Å². The second kappa shape index (κ2) is 6.00. The Labute approximate surface area is 74.4 Å². The van der Waals surface area contributed by atoms with E-state index in [-0.39, 0.29) is 17.9 Å². The lowest BCUT2D eigenvalue weighted by molar-refractivity contribution is 0.0982. The third kappa shape index (κ3) is 3.72. The van der Waals surface area contributed by atoms with Crippen LogP contribution in [-0.2, 0) is 4.84 Å². The van der Waals surface area contributed by atoms with Crippen molar-refractivity contribution in [1.82, 2.24) is 0 Å². The number of hydrogen-bond acceptors (Lipinski definition) is 3. The molecular formula is C9H19NO2. The highest BCUT2D eigenvalue weighted by Gasteiger charge is 2.17. The molecule has 0 spiro atoms. The molecule has 0 aromatic carbocycles. The molecule has 3 heteroatoms. The summed E-state index contributed by atoms with van der Waals surface area (Å²) in [7, 11) is 1.52. The monoisotopic (exact) mass is 173 g/mol. The summed E-state index contributed by atoms with van der Waals surface area (Å²) in [5.74, 6) is 0.480. The van der Waals surface area contributed by atoms with Crippen molar-refractivity contribution < 1.29 is 9.94 Å². The van der Waals surface area contributed by atoms with Crippen molar-refractivity contribution >= 4 is 6.21 Å². The standard InChI is InChI=1S/C9H19NO2/c1-5-9(11)8(3)7(2)6-10-12-4/h6-9,11H,5H2,1-4H3/t7-,8+,9-/m1/s1. The molecule has 0 saturated heterocycles. The summed E-state index contributed by atoms with van der Waals surface area (Å²) in [6.45, 7) is 6.01. The molecule has 0 aromatic heterocycles. The van der Waals surface area contributed by atoms with Gasteiger partial charge in [0.2, 0.25) is 0 Å². The Morgan fingerprint density at radius 3 is 2.50 bits per heavy atom. The Morgan fingerprint density at radius 1 is 1.50 bits per heavy atom. The molecule has 0 unspecified atom stereocenters. The summed E-state index contributed by atoms with van der Waals surface area (Å²) in [5.41, 5.74) is 0. The van der Waals surface area contributed by atoms with Gasteiger partial charge in [-0.25, -0.2) is 0 Å². The third-order valence-corrected chi connectivity index (χ3v) is 2.26. The molecular weight excluding hydrogens is 154 g/mol. The lowest BCUT2D eigenvalue weighted by Gasteiger charge is -2.20. The van der Waals surface area contributed by atoms with Crippen molar-refractivity contribution in [2.75, 3.05) is 7.11 Å². The molecule has 0 aliphatic rings. The minimum atomic E-state index is -0.247. The van der Waals surface area contributed by atoms with Crippen LogP contribution in [-0.4, -0.2) is 24.5 Å². The van der Waals surface area contributed by atoms with Crippen molar-refractivity contribution in [2.24, 2.45) is 17.0 Å². The normalized spacial score (nSPS) is 19.1. The molecule has 0 amide bonds.